The highest BCUT2D eigenvalue weighted by molar-refractivity contribution is 7.17. The van der Waals surface area contributed by atoms with Gasteiger partial charge in [-0.3, -0.25) is 4.79 Å². The maximum atomic E-state index is 11.1. The third-order valence-corrected chi connectivity index (χ3v) is 3.48. The van der Waals surface area contributed by atoms with E-state index < -0.39 is 0 Å². The summed E-state index contributed by atoms with van der Waals surface area (Å²) in [6, 6.07) is 0. The molecular weight excluding hydrogens is 222 g/mol. The second-order valence-electron chi connectivity index (χ2n) is 4.14. The summed E-state index contributed by atoms with van der Waals surface area (Å²) in [6.07, 6.45) is 2.75. The number of anilines is 1. The summed E-state index contributed by atoms with van der Waals surface area (Å²) in [5.41, 5.74) is 0. The Morgan fingerprint density at radius 2 is 2.06 bits per heavy atom. The third-order valence-electron chi connectivity index (χ3n) is 2.27. The Kier molecular flexibility index (Phi) is 4.89. The molecule has 0 saturated heterocycles. The van der Waals surface area contributed by atoms with Crippen LogP contribution in [0.2, 0.25) is 0 Å². The van der Waals surface area contributed by atoms with Gasteiger partial charge in [-0.2, -0.15) is 0 Å². The van der Waals surface area contributed by atoms with E-state index in [1.54, 1.807) is 13.1 Å². The molecule has 0 spiro atoms. The van der Waals surface area contributed by atoms with Gasteiger partial charge in [-0.05, 0) is 27.1 Å². The van der Waals surface area contributed by atoms with Gasteiger partial charge in [0.25, 0.3) is 0 Å². The molecule has 5 heteroatoms. The SMILES string of the molecule is CC(=O)c1cnc(N(C)CCCN(C)C)s1. The van der Waals surface area contributed by atoms with Crippen LogP contribution in [0.15, 0.2) is 6.20 Å². The zero-order valence-corrected chi connectivity index (χ0v) is 11.2. The molecule has 4 nitrogen and oxygen atoms in total. The zero-order chi connectivity index (χ0) is 12.1. The minimum Gasteiger partial charge on any atom is -0.351 e. The fourth-order valence-corrected chi connectivity index (χ4v) is 2.12. The van der Waals surface area contributed by atoms with Gasteiger partial charge in [-0.25, -0.2) is 4.98 Å². The molecule has 0 saturated carbocycles. The van der Waals surface area contributed by atoms with E-state index in [1.807, 2.05) is 7.05 Å². The Morgan fingerprint density at radius 1 is 1.38 bits per heavy atom. The van der Waals surface area contributed by atoms with Crippen LogP contribution in [-0.4, -0.2) is 49.9 Å². The topological polar surface area (TPSA) is 36.4 Å². The van der Waals surface area contributed by atoms with Gasteiger partial charge in [0.1, 0.15) is 0 Å². The molecule has 1 rings (SSSR count). The van der Waals surface area contributed by atoms with E-state index in [1.165, 1.54) is 11.3 Å². The van der Waals surface area contributed by atoms with Crippen LogP contribution in [0.1, 0.15) is 23.0 Å². The fourth-order valence-electron chi connectivity index (χ4n) is 1.32. The number of aromatic nitrogens is 1. The van der Waals surface area contributed by atoms with Crippen molar-refractivity contribution in [3.63, 3.8) is 0 Å². The Labute approximate surface area is 101 Å². The van der Waals surface area contributed by atoms with Gasteiger partial charge in [0.15, 0.2) is 10.9 Å². The van der Waals surface area contributed by atoms with Crippen LogP contribution in [0.25, 0.3) is 0 Å². The van der Waals surface area contributed by atoms with Crippen molar-refractivity contribution in [1.29, 1.82) is 0 Å². The number of carbonyl (C=O) groups is 1. The Morgan fingerprint density at radius 3 is 2.56 bits per heavy atom. The molecule has 0 amide bonds. The smallest absolute Gasteiger partial charge is 0.185 e. The Balaban J connectivity index is 2.46. The van der Waals surface area contributed by atoms with Crippen LogP contribution in [-0.2, 0) is 0 Å². The quantitative estimate of drug-likeness (QED) is 0.711. The number of hydrogen-bond donors (Lipinski definition) is 0. The van der Waals surface area contributed by atoms with Gasteiger partial charge in [-0.1, -0.05) is 11.3 Å². The molecule has 0 fully saturated rings. The standard InChI is InChI=1S/C11H19N3OS/c1-9(15)10-8-12-11(16-10)14(4)7-5-6-13(2)3/h8H,5-7H2,1-4H3. The van der Waals surface area contributed by atoms with Crippen molar-refractivity contribution >= 4 is 22.3 Å². The minimum absolute atomic E-state index is 0.0884. The van der Waals surface area contributed by atoms with Crippen molar-refractivity contribution in [2.45, 2.75) is 13.3 Å². The number of rotatable bonds is 6. The average Bonchev–Trinajstić information content (AvgIpc) is 2.65. The largest absolute Gasteiger partial charge is 0.351 e. The lowest BCUT2D eigenvalue weighted by Crippen LogP contribution is -2.23. The molecule has 0 bridgehead atoms. The lowest BCUT2D eigenvalue weighted by atomic mass is 10.4. The summed E-state index contributed by atoms with van der Waals surface area (Å²) < 4.78 is 0. The van der Waals surface area contributed by atoms with Gasteiger partial charge >= 0.3 is 0 Å². The van der Waals surface area contributed by atoms with Gasteiger partial charge in [0.2, 0.25) is 0 Å². The lowest BCUT2D eigenvalue weighted by Gasteiger charge is -2.17. The number of thiazole rings is 1. The molecule has 90 valence electrons. The van der Waals surface area contributed by atoms with Gasteiger partial charge < -0.3 is 9.80 Å². The summed E-state index contributed by atoms with van der Waals surface area (Å²) >= 11 is 1.46. The molecule has 1 aromatic heterocycles. The number of nitrogens with zero attached hydrogens (tertiary/aromatic N) is 3. The van der Waals surface area contributed by atoms with Crippen molar-refractivity contribution in [3.8, 4) is 0 Å². The number of Topliss-reactive ketones (excluding diaryl/α,β-unsaturated/α-hetero) is 1. The monoisotopic (exact) mass is 241 g/mol. The average molecular weight is 241 g/mol. The van der Waals surface area contributed by atoms with E-state index >= 15 is 0 Å². The molecule has 0 radical (unpaired) electrons. The van der Waals surface area contributed by atoms with Crippen LogP contribution >= 0.6 is 11.3 Å². The van der Waals surface area contributed by atoms with Crippen LogP contribution in [0.3, 0.4) is 0 Å². The molecule has 1 heterocycles. The normalized spacial score (nSPS) is 10.8. The van der Waals surface area contributed by atoms with E-state index in [9.17, 15) is 4.79 Å². The second kappa shape index (κ2) is 5.96. The van der Waals surface area contributed by atoms with Crippen molar-refractivity contribution in [2.24, 2.45) is 0 Å². The van der Waals surface area contributed by atoms with Crippen molar-refractivity contribution < 1.29 is 4.79 Å². The van der Waals surface area contributed by atoms with Gasteiger partial charge in [0, 0.05) is 20.5 Å². The molecule has 0 unspecified atom stereocenters. The highest BCUT2D eigenvalue weighted by Crippen LogP contribution is 2.21. The highest BCUT2D eigenvalue weighted by atomic mass is 32.1. The summed E-state index contributed by atoms with van der Waals surface area (Å²) in [5, 5.41) is 0.920. The highest BCUT2D eigenvalue weighted by Gasteiger charge is 2.09. The lowest BCUT2D eigenvalue weighted by molar-refractivity contribution is 0.102. The van der Waals surface area contributed by atoms with Crippen molar-refractivity contribution in [2.75, 3.05) is 39.1 Å². The molecule has 0 aliphatic rings. The number of carbonyl (C=O) groups excluding carboxylic acids is 1. The van der Waals surface area contributed by atoms with E-state index in [2.05, 4.69) is 28.9 Å². The van der Waals surface area contributed by atoms with E-state index in [4.69, 9.17) is 0 Å². The fraction of sp³-hybridized carbons (Fsp3) is 0.636. The second-order valence-corrected chi connectivity index (χ2v) is 5.15. The summed E-state index contributed by atoms with van der Waals surface area (Å²) in [7, 11) is 6.15. The van der Waals surface area contributed by atoms with E-state index in [0.717, 1.165) is 29.5 Å². The molecule has 0 aliphatic heterocycles. The molecule has 0 aliphatic carbocycles. The first kappa shape index (κ1) is 13.1. The minimum atomic E-state index is 0.0884. The predicted molar refractivity (Wildman–Crippen MR) is 68.6 cm³/mol. The van der Waals surface area contributed by atoms with E-state index in [0.29, 0.717) is 0 Å². The molecule has 0 aromatic carbocycles. The summed E-state index contributed by atoms with van der Waals surface area (Å²) in [4.78, 5) is 20.4. The predicted octanol–water partition coefficient (Wildman–Crippen LogP) is 1.73. The maximum absolute atomic E-state index is 11.1. The Bertz CT molecular complexity index is 349. The van der Waals surface area contributed by atoms with Gasteiger partial charge in [-0.15, -0.1) is 0 Å². The molecule has 0 atom stereocenters. The van der Waals surface area contributed by atoms with Crippen LogP contribution in [0.5, 0.6) is 0 Å². The molecule has 16 heavy (non-hydrogen) atoms. The zero-order valence-electron chi connectivity index (χ0n) is 10.4. The van der Waals surface area contributed by atoms with Crippen molar-refractivity contribution in [3.05, 3.63) is 11.1 Å². The first-order chi connectivity index (χ1) is 7.50. The summed E-state index contributed by atoms with van der Waals surface area (Å²) in [5.74, 6) is 0.0884. The molecular formula is C11H19N3OS. The first-order valence-corrected chi connectivity index (χ1v) is 6.15. The molecule has 0 N–H and O–H groups in total. The maximum Gasteiger partial charge on any atom is 0.185 e. The first-order valence-electron chi connectivity index (χ1n) is 5.33. The molecule has 1 aromatic rings. The summed E-state index contributed by atoms with van der Waals surface area (Å²) in [6.45, 7) is 3.60. The van der Waals surface area contributed by atoms with E-state index in [-0.39, 0.29) is 5.78 Å². The third kappa shape index (κ3) is 3.90. The van der Waals surface area contributed by atoms with Gasteiger partial charge in [0.05, 0.1) is 11.1 Å². The van der Waals surface area contributed by atoms with Crippen LogP contribution < -0.4 is 4.90 Å². The van der Waals surface area contributed by atoms with Crippen LogP contribution in [0.4, 0.5) is 5.13 Å². The van der Waals surface area contributed by atoms with Crippen LogP contribution in [0, 0.1) is 0 Å². The van der Waals surface area contributed by atoms with Crippen molar-refractivity contribution in [1.82, 2.24) is 9.88 Å². The Hall–Kier alpha value is -0.940. The number of hydrogen-bond acceptors (Lipinski definition) is 5. The number of ketones is 1.